The lowest BCUT2D eigenvalue weighted by Crippen LogP contribution is -2.22. The van der Waals surface area contributed by atoms with Crippen LogP contribution in [0.25, 0.3) is 0 Å². The molecule has 1 unspecified atom stereocenters. The molecule has 0 amide bonds. The van der Waals surface area contributed by atoms with E-state index in [-0.39, 0.29) is 0 Å². The van der Waals surface area contributed by atoms with Crippen molar-refractivity contribution < 1.29 is 0 Å². The van der Waals surface area contributed by atoms with Crippen molar-refractivity contribution in [2.24, 2.45) is 0 Å². The molecule has 0 bridgehead atoms. The number of aryl methyl sites for hydroxylation is 1. The van der Waals surface area contributed by atoms with Gasteiger partial charge < -0.3 is 5.32 Å². The number of hydrogen-bond donors (Lipinski definition) is 1. The van der Waals surface area contributed by atoms with Crippen molar-refractivity contribution in [3.63, 3.8) is 0 Å². The second-order valence-corrected chi connectivity index (χ2v) is 5.69. The van der Waals surface area contributed by atoms with E-state index in [9.17, 15) is 0 Å². The van der Waals surface area contributed by atoms with Crippen molar-refractivity contribution in [3.05, 3.63) is 70.2 Å². The Kier molecular flexibility index (Phi) is 5.63. The smallest absolute Gasteiger partial charge is 0.0408 e. The van der Waals surface area contributed by atoms with Crippen LogP contribution in [0.4, 0.5) is 0 Å². The van der Waals surface area contributed by atoms with Crippen molar-refractivity contribution >= 4 is 11.6 Å². The molecular formula is C18H22ClN. The highest BCUT2D eigenvalue weighted by molar-refractivity contribution is 6.30. The van der Waals surface area contributed by atoms with E-state index in [1.54, 1.807) is 0 Å². The Morgan fingerprint density at radius 2 is 1.90 bits per heavy atom. The summed E-state index contributed by atoms with van der Waals surface area (Å²) in [5.41, 5.74) is 4.00. The first-order chi connectivity index (χ1) is 9.69. The topological polar surface area (TPSA) is 12.0 Å². The highest BCUT2D eigenvalue weighted by atomic mass is 35.5. The minimum atomic E-state index is 0.480. The molecule has 0 heterocycles. The van der Waals surface area contributed by atoms with Gasteiger partial charge in [0.05, 0.1) is 0 Å². The van der Waals surface area contributed by atoms with E-state index >= 15 is 0 Å². The fourth-order valence-corrected chi connectivity index (χ4v) is 2.71. The molecule has 2 aromatic rings. The van der Waals surface area contributed by atoms with Crippen molar-refractivity contribution in [3.8, 4) is 0 Å². The van der Waals surface area contributed by atoms with Gasteiger partial charge in [-0.1, -0.05) is 60.5 Å². The SMILES string of the molecule is CCNCC(Cc1cccc(Cl)c1)c1cccc(C)c1. The Balaban J connectivity index is 2.19. The molecule has 0 aliphatic rings. The maximum absolute atomic E-state index is 6.09. The van der Waals surface area contributed by atoms with E-state index in [1.807, 2.05) is 12.1 Å². The average molecular weight is 288 g/mol. The third-order valence-electron chi connectivity index (χ3n) is 3.53. The molecule has 0 aliphatic heterocycles. The number of rotatable bonds is 6. The van der Waals surface area contributed by atoms with Crippen molar-refractivity contribution in [1.82, 2.24) is 5.32 Å². The Labute approximate surface area is 127 Å². The summed E-state index contributed by atoms with van der Waals surface area (Å²) < 4.78 is 0. The van der Waals surface area contributed by atoms with E-state index < -0.39 is 0 Å². The summed E-state index contributed by atoms with van der Waals surface area (Å²) in [6, 6.07) is 17.0. The summed E-state index contributed by atoms with van der Waals surface area (Å²) in [6.07, 6.45) is 1.01. The summed E-state index contributed by atoms with van der Waals surface area (Å²) in [4.78, 5) is 0. The zero-order valence-electron chi connectivity index (χ0n) is 12.2. The number of halogens is 1. The fourth-order valence-electron chi connectivity index (χ4n) is 2.50. The Morgan fingerprint density at radius 3 is 2.60 bits per heavy atom. The number of hydrogen-bond acceptors (Lipinski definition) is 1. The van der Waals surface area contributed by atoms with Gasteiger partial charge in [0, 0.05) is 17.5 Å². The van der Waals surface area contributed by atoms with Gasteiger partial charge in [-0.25, -0.2) is 0 Å². The predicted molar refractivity (Wildman–Crippen MR) is 87.6 cm³/mol. The molecule has 1 N–H and O–H groups in total. The lowest BCUT2D eigenvalue weighted by molar-refractivity contribution is 0.594. The minimum absolute atomic E-state index is 0.480. The van der Waals surface area contributed by atoms with Crippen molar-refractivity contribution in [2.45, 2.75) is 26.2 Å². The Morgan fingerprint density at radius 1 is 1.10 bits per heavy atom. The van der Waals surface area contributed by atoms with Crippen molar-refractivity contribution in [1.29, 1.82) is 0 Å². The van der Waals surface area contributed by atoms with Gasteiger partial charge >= 0.3 is 0 Å². The van der Waals surface area contributed by atoms with Gasteiger partial charge in [0.1, 0.15) is 0 Å². The maximum atomic E-state index is 6.09. The number of likely N-dealkylation sites (N-methyl/N-ethyl adjacent to an activating group) is 1. The first-order valence-corrected chi connectivity index (χ1v) is 7.58. The van der Waals surface area contributed by atoms with Gasteiger partial charge in [0.25, 0.3) is 0 Å². The number of benzene rings is 2. The van der Waals surface area contributed by atoms with Gasteiger partial charge in [-0.05, 0) is 43.1 Å². The summed E-state index contributed by atoms with van der Waals surface area (Å²) in [5.74, 6) is 0.480. The van der Waals surface area contributed by atoms with Gasteiger partial charge in [0.2, 0.25) is 0 Å². The van der Waals surface area contributed by atoms with Gasteiger partial charge in [-0.15, -0.1) is 0 Å². The zero-order chi connectivity index (χ0) is 14.4. The highest BCUT2D eigenvalue weighted by Crippen LogP contribution is 2.23. The van der Waals surface area contributed by atoms with Gasteiger partial charge in [-0.3, -0.25) is 0 Å². The van der Waals surface area contributed by atoms with Crippen LogP contribution in [0.2, 0.25) is 5.02 Å². The average Bonchev–Trinajstić information content (AvgIpc) is 2.43. The second-order valence-electron chi connectivity index (χ2n) is 5.25. The molecule has 0 spiro atoms. The van der Waals surface area contributed by atoms with Crippen LogP contribution < -0.4 is 5.32 Å². The highest BCUT2D eigenvalue weighted by Gasteiger charge is 2.12. The molecule has 1 nitrogen and oxygen atoms in total. The lowest BCUT2D eigenvalue weighted by Gasteiger charge is -2.18. The Hall–Kier alpha value is -1.31. The molecule has 20 heavy (non-hydrogen) atoms. The second kappa shape index (κ2) is 7.47. The van der Waals surface area contributed by atoms with Crippen LogP contribution in [-0.2, 0) is 6.42 Å². The van der Waals surface area contributed by atoms with Gasteiger partial charge in [-0.2, -0.15) is 0 Å². The third-order valence-corrected chi connectivity index (χ3v) is 3.76. The quantitative estimate of drug-likeness (QED) is 0.820. The van der Waals surface area contributed by atoms with Crippen LogP contribution in [0.3, 0.4) is 0 Å². The van der Waals surface area contributed by atoms with Crippen LogP contribution in [0.5, 0.6) is 0 Å². The summed E-state index contributed by atoms with van der Waals surface area (Å²) in [6.45, 7) is 6.28. The molecular weight excluding hydrogens is 266 g/mol. The van der Waals surface area contributed by atoms with E-state index in [4.69, 9.17) is 11.6 Å². The van der Waals surface area contributed by atoms with Gasteiger partial charge in [0.15, 0.2) is 0 Å². The van der Waals surface area contributed by atoms with E-state index in [2.05, 4.69) is 55.6 Å². The van der Waals surface area contributed by atoms with Crippen LogP contribution in [0.15, 0.2) is 48.5 Å². The largest absolute Gasteiger partial charge is 0.316 e. The molecule has 1 atom stereocenters. The maximum Gasteiger partial charge on any atom is 0.0408 e. The molecule has 0 aliphatic carbocycles. The number of nitrogens with one attached hydrogen (secondary N) is 1. The molecule has 106 valence electrons. The minimum Gasteiger partial charge on any atom is -0.316 e. The summed E-state index contributed by atoms with van der Waals surface area (Å²) in [5, 5.41) is 4.28. The molecule has 0 saturated carbocycles. The molecule has 0 aromatic heterocycles. The summed E-state index contributed by atoms with van der Waals surface area (Å²) >= 11 is 6.09. The monoisotopic (exact) mass is 287 g/mol. The van der Waals surface area contributed by atoms with Crippen LogP contribution in [-0.4, -0.2) is 13.1 Å². The van der Waals surface area contributed by atoms with E-state index in [0.29, 0.717) is 5.92 Å². The molecule has 0 saturated heterocycles. The van der Waals surface area contributed by atoms with Crippen LogP contribution >= 0.6 is 11.6 Å². The van der Waals surface area contributed by atoms with Crippen molar-refractivity contribution in [2.75, 3.05) is 13.1 Å². The predicted octanol–water partition coefficient (Wildman–Crippen LogP) is 4.58. The normalized spacial score (nSPS) is 12.3. The first kappa shape index (κ1) is 15.1. The molecule has 0 radical (unpaired) electrons. The lowest BCUT2D eigenvalue weighted by atomic mass is 9.91. The molecule has 0 fully saturated rings. The standard InChI is InChI=1S/C18H22ClN/c1-3-20-13-17(16-8-4-6-14(2)10-16)11-15-7-5-9-18(19)12-15/h4-10,12,17,20H,3,11,13H2,1-2H3. The van der Waals surface area contributed by atoms with E-state index in [1.165, 1.54) is 16.7 Å². The first-order valence-electron chi connectivity index (χ1n) is 7.20. The van der Waals surface area contributed by atoms with E-state index in [0.717, 1.165) is 24.5 Å². The van der Waals surface area contributed by atoms with Crippen LogP contribution in [0.1, 0.15) is 29.5 Å². The fraction of sp³-hybridized carbons (Fsp3) is 0.333. The molecule has 2 heteroatoms. The summed E-state index contributed by atoms with van der Waals surface area (Å²) in [7, 11) is 0. The third kappa shape index (κ3) is 4.36. The molecule has 2 aromatic carbocycles. The van der Waals surface area contributed by atoms with Crippen LogP contribution in [0, 0.1) is 6.92 Å². The molecule has 2 rings (SSSR count). The Bertz CT molecular complexity index is 551. The zero-order valence-corrected chi connectivity index (χ0v) is 13.0.